The zero-order valence-electron chi connectivity index (χ0n) is 12.8. The second-order valence-corrected chi connectivity index (χ2v) is 5.95. The van der Waals surface area contributed by atoms with Crippen molar-refractivity contribution in [3.8, 4) is 6.07 Å². The third-order valence-corrected chi connectivity index (χ3v) is 4.03. The molecular weight excluding hydrogens is 266 g/mol. The number of rotatable bonds is 3. The number of nitrogens with zero attached hydrogens (tertiary/aromatic N) is 5. The summed E-state index contributed by atoms with van der Waals surface area (Å²) >= 11 is 0. The van der Waals surface area contributed by atoms with E-state index in [0.717, 1.165) is 18.7 Å². The Hall–Kier alpha value is -2.16. The smallest absolute Gasteiger partial charge is 0.242 e. The van der Waals surface area contributed by atoms with Crippen molar-refractivity contribution in [2.24, 2.45) is 5.41 Å². The van der Waals surface area contributed by atoms with E-state index in [4.69, 9.17) is 5.26 Å². The van der Waals surface area contributed by atoms with E-state index in [2.05, 4.69) is 21.2 Å². The molecule has 21 heavy (non-hydrogen) atoms. The molecule has 6 heteroatoms. The fourth-order valence-electron chi connectivity index (χ4n) is 2.57. The number of amides is 1. The summed E-state index contributed by atoms with van der Waals surface area (Å²) in [5.41, 5.74) is -0.941. The molecule has 1 saturated heterocycles. The van der Waals surface area contributed by atoms with Crippen LogP contribution < -0.4 is 4.90 Å². The van der Waals surface area contributed by atoms with E-state index in [1.807, 2.05) is 19.2 Å². The monoisotopic (exact) mass is 287 g/mol. The summed E-state index contributed by atoms with van der Waals surface area (Å²) in [6.45, 7) is 4.71. The fraction of sp³-hybridized carbons (Fsp3) is 0.600. The summed E-state index contributed by atoms with van der Waals surface area (Å²) in [5.74, 6) is 0.769. The van der Waals surface area contributed by atoms with Crippen LogP contribution in [0.3, 0.4) is 0 Å². The molecule has 0 spiro atoms. The van der Waals surface area contributed by atoms with Crippen LogP contribution in [-0.2, 0) is 4.79 Å². The predicted molar refractivity (Wildman–Crippen MR) is 79.4 cm³/mol. The van der Waals surface area contributed by atoms with Crippen molar-refractivity contribution in [2.45, 2.75) is 32.7 Å². The minimum Gasteiger partial charge on any atom is -0.355 e. The Morgan fingerprint density at radius 3 is 2.67 bits per heavy atom. The van der Waals surface area contributed by atoms with Crippen LogP contribution >= 0.6 is 0 Å². The lowest BCUT2D eigenvalue weighted by Gasteiger charge is -2.38. The SMILES string of the molecule is CN(c1cccnn1)C1CCN(C(=O)C(C)(C)C#N)CC1. The molecule has 1 fully saturated rings. The van der Waals surface area contributed by atoms with E-state index in [-0.39, 0.29) is 5.91 Å². The van der Waals surface area contributed by atoms with Crippen LogP contribution in [0.2, 0.25) is 0 Å². The zero-order chi connectivity index (χ0) is 15.5. The van der Waals surface area contributed by atoms with Gasteiger partial charge in [0.1, 0.15) is 5.41 Å². The summed E-state index contributed by atoms with van der Waals surface area (Å²) in [7, 11) is 2.01. The molecule has 0 aliphatic carbocycles. The molecule has 6 nitrogen and oxygen atoms in total. The van der Waals surface area contributed by atoms with Crippen LogP contribution in [0.4, 0.5) is 5.82 Å². The lowest BCUT2D eigenvalue weighted by atomic mass is 9.92. The van der Waals surface area contributed by atoms with Crippen molar-refractivity contribution in [1.82, 2.24) is 15.1 Å². The van der Waals surface area contributed by atoms with Crippen LogP contribution in [0.1, 0.15) is 26.7 Å². The summed E-state index contributed by atoms with van der Waals surface area (Å²) in [6.07, 6.45) is 3.41. The van der Waals surface area contributed by atoms with Crippen LogP contribution in [-0.4, -0.2) is 47.2 Å². The Bertz CT molecular complexity index is 529. The lowest BCUT2D eigenvalue weighted by Crippen LogP contribution is -2.49. The number of hydrogen-bond donors (Lipinski definition) is 0. The van der Waals surface area contributed by atoms with Gasteiger partial charge in [-0.25, -0.2) is 0 Å². The maximum absolute atomic E-state index is 12.3. The number of nitriles is 1. The quantitative estimate of drug-likeness (QED) is 0.841. The Kier molecular flexibility index (Phi) is 4.41. The van der Waals surface area contributed by atoms with E-state index in [9.17, 15) is 4.79 Å². The molecule has 0 atom stereocenters. The van der Waals surface area contributed by atoms with Crippen molar-refractivity contribution in [2.75, 3.05) is 25.0 Å². The minimum absolute atomic E-state index is 0.0781. The molecule has 1 amide bonds. The largest absolute Gasteiger partial charge is 0.355 e. The molecule has 2 heterocycles. The predicted octanol–water partition coefficient (Wildman–Crippen LogP) is 1.45. The number of likely N-dealkylation sites (tertiary alicyclic amines) is 1. The number of piperidine rings is 1. The van der Waals surface area contributed by atoms with Gasteiger partial charge in [0.05, 0.1) is 6.07 Å². The Labute approximate surface area is 125 Å². The maximum atomic E-state index is 12.3. The molecule has 2 rings (SSSR count). The second-order valence-electron chi connectivity index (χ2n) is 5.95. The molecule has 1 aromatic heterocycles. The first-order valence-electron chi connectivity index (χ1n) is 7.17. The summed E-state index contributed by atoms with van der Waals surface area (Å²) in [4.78, 5) is 16.2. The maximum Gasteiger partial charge on any atom is 0.242 e. The van der Waals surface area contributed by atoms with Gasteiger partial charge in [0, 0.05) is 32.4 Å². The Morgan fingerprint density at radius 2 is 2.14 bits per heavy atom. The van der Waals surface area contributed by atoms with Gasteiger partial charge in [0.15, 0.2) is 5.82 Å². The fourth-order valence-corrected chi connectivity index (χ4v) is 2.57. The van der Waals surface area contributed by atoms with Gasteiger partial charge in [-0.3, -0.25) is 4.79 Å². The first kappa shape index (κ1) is 15.2. The van der Waals surface area contributed by atoms with E-state index in [1.54, 1.807) is 24.9 Å². The molecule has 1 aliphatic heterocycles. The van der Waals surface area contributed by atoms with Gasteiger partial charge in [0.25, 0.3) is 0 Å². The van der Waals surface area contributed by atoms with E-state index in [1.165, 1.54) is 0 Å². The third kappa shape index (κ3) is 3.30. The third-order valence-electron chi connectivity index (χ3n) is 4.03. The molecule has 0 radical (unpaired) electrons. The van der Waals surface area contributed by atoms with Crippen LogP contribution in [0.5, 0.6) is 0 Å². The molecule has 0 saturated carbocycles. The highest BCUT2D eigenvalue weighted by Crippen LogP contribution is 2.24. The van der Waals surface area contributed by atoms with E-state index >= 15 is 0 Å². The molecule has 0 N–H and O–H groups in total. The standard InChI is InChI=1S/C15H21N5O/c1-15(2,11-16)14(21)20-9-6-12(7-10-20)19(3)13-5-4-8-17-18-13/h4-5,8,12H,6-7,9-10H2,1-3H3. The molecule has 0 bridgehead atoms. The van der Waals surface area contributed by atoms with Crippen molar-refractivity contribution in [1.29, 1.82) is 5.26 Å². The van der Waals surface area contributed by atoms with Gasteiger partial charge in [-0.1, -0.05) is 0 Å². The van der Waals surface area contributed by atoms with Gasteiger partial charge in [0.2, 0.25) is 5.91 Å². The molecule has 1 aromatic rings. The van der Waals surface area contributed by atoms with Crippen molar-refractivity contribution >= 4 is 11.7 Å². The number of carbonyl (C=O) groups is 1. The van der Waals surface area contributed by atoms with E-state index in [0.29, 0.717) is 19.1 Å². The van der Waals surface area contributed by atoms with Gasteiger partial charge < -0.3 is 9.80 Å². The molecule has 0 unspecified atom stereocenters. The Morgan fingerprint density at radius 1 is 1.48 bits per heavy atom. The number of aromatic nitrogens is 2. The van der Waals surface area contributed by atoms with E-state index < -0.39 is 5.41 Å². The number of hydrogen-bond acceptors (Lipinski definition) is 5. The highest BCUT2D eigenvalue weighted by molar-refractivity contribution is 5.84. The van der Waals surface area contributed by atoms with Crippen LogP contribution in [0.25, 0.3) is 0 Å². The zero-order valence-corrected chi connectivity index (χ0v) is 12.8. The summed E-state index contributed by atoms with van der Waals surface area (Å²) < 4.78 is 0. The first-order chi connectivity index (χ1) is 9.95. The minimum atomic E-state index is -0.941. The second kappa shape index (κ2) is 6.08. The summed E-state index contributed by atoms with van der Waals surface area (Å²) in [5, 5.41) is 17.1. The summed E-state index contributed by atoms with van der Waals surface area (Å²) in [6, 6.07) is 6.22. The Balaban J connectivity index is 1.95. The van der Waals surface area contributed by atoms with Crippen molar-refractivity contribution < 1.29 is 4.79 Å². The average Bonchev–Trinajstić information content (AvgIpc) is 2.54. The normalized spacial score (nSPS) is 16.4. The molecule has 1 aliphatic rings. The van der Waals surface area contributed by atoms with Crippen LogP contribution in [0.15, 0.2) is 18.3 Å². The highest BCUT2D eigenvalue weighted by Gasteiger charge is 2.34. The molecular formula is C15H21N5O. The highest BCUT2D eigenvalue weighted by atomic mass is 16.2. The molecule has 0 aromatic carbocycles. The van der Waals surface area contributed by atoms with Crippen molar-refractivity contribution in [3.05, 3.63) is 18.3 Å². The topological polar surface area (TPSA) is 73.1 Å². The van der Waals surface area contributed by atoms with Crippen LogP contribution in [0, 0.1) is 16.7 Å². The van der Waals surface area contributed by atoms with Crippen molar-refractivity contribution in [3.63, 3.8) is 0 Å². The van der Waals surface area contributed by atoms with Gasteiger partial charge >= 0.3 is 0 Å². The van der Waals surface area contributed by atoms with Gasteiger partial charge in [-0.2, -0.15) is 10.4 Å². The lowest BCUT2D eigenvalue weighted by molar-refractivity contribution is -0.138. The number of anilines is 1. The van der Waals surface area contributed by atoms with Gasteiger partial charge in [-0.15, -0.1) is 5.10 Å². The average molecular weight is 287 g/mol. The first-order valence-corrected chi connectivity index (χ1v) is 7.17. The molecule has 112 valence electrons. The van der Waals surface area contributed by atoms with Gasteiger partial charge in [-0.05, 0) is 38.8 Å². The number of carbonyl (C=O) groups excluding carboxylic acids is 1.